The number of rotatable bonds is 3. The number of nitrogens with two attached hydrogens (primary N) is 1. The van der Waals surface area contributed by atoms with E-state index in [1.807, 2.05) is 6.07 Å². The van der Waals surface area contributed by atoms with Crippen LogP contribution in [0.5, 0.6) is 0 Å². The standard InChI is InChI=1S/C11H14ClN3O/c12-8-2-1-3-9(10(8)11(13)16)15-7-4-5-14-6-7/h1-3,7,14-15H,4-6H2,(H2,13,16). The molecular formula is C11H14ClN3O. The van der Waals surface area contributed by atoms with Crippen molar-refractivity contribution in [3.63, 3.8) is 0 Å². The third-order valence-electron chi connectivity index (χ3n) is 2.68. The van der Waals surface area contributed by atoms with E-state index in [1.54, 1.807) is 12.1 Å². The van der Waals surface area contributed by atoms with Crippen LogP contribution < -0.4 is 16.4 Å². The second kappa shape index (κ2) is 4.72. The summed E-state index contributed by atoms with van der Waals surface area (Å²) < 4.78 is 0. The molecule has 4 nitrogen and oxygen atoms in total. The number of amides is 1. The van der Waals surface area contributed by atoms with Crippen LogP contribution in [0.4, 0.5) is 5.69 Å². The van der Waals surface area contributed by atoms with Gasteiger partial charge in [-0.25, -0.2) is 0 Å². The minimum Gasteiger partial charge on any atom is -0.380 e. The molecular weight excluding hydrogens is 226 g/mol. The molecule has 1 aromatic carbocycles. The highest BCUT2D eigenvalue weighted by atomic mass is 35.5. The maximum atomic E-state index is 11.3. The van der Waals surface area contributed by atoms with Gasteiger partial charge in [-0.2, -0.15) is 0 Å². The van der Waals surface area contributed by atoms with E-state index in [9.17, 15) is 4.79 Å². The van der Waals surface area contributed by atoms with Crippen molar-refractivity contribution >= 4 is 23.2 Å². The van der Waals surface area contributed by atoms with Gasteiger partial charge < -0.3 is 16.4 Å². The SMILES string of the molecule is NC(=O)c1c(Cl)cccc1NC1CCNC1. The molecule has 0 radical (unpaired) electrons. The predicted molar refractivity (Wildman–Crippen MR) is 64.9 cm³/mol. The van der Waals surface area contributed by atoms with Gasteiger partial charge in [-0.3, -0.25) is 4.79 Å². The summed E-state index contributed by atoms with van der Waals surface area (Å²) in [7, 11) is 0. The number of benzene rings is 1. The van der Waals surface area contributed by atoms with Gasteiger partial charge in [0.1, 0.15) is 0 Å². The maximum absolute atomic E-state index is 11.3. The molecule has 1 aliphatic heterocycles. The Morgan fingerprint density at radius 3 is 3.00 bits per heavy atom. The Kier molecular flexibility index (Phi) is 3.31. The van der Waals surface area contributed by atoms with Crippen molar-refractivity contribution in [2.24, 2.45) is 5.73 Å². The summed E-state index contributed by atoms with van der Waals surface area (Å²) in [6, 6.07) is 5.63. The Hall–Kier alpha value is -1.26. The lowest BCUT2D eigenvalue weighted by Crippen LogP contribution is -2.24. The first-order valence-corrected chi connectivity index (χ1v) is 5.62. The van der Waals surface area contributed by atoms with Gasteiger partial charge in [-0.05, 0) is 25.1 Å². The van der Waals surface area contributed by atoms with Crippen LogP contribution >= 0.6 is 11.6 Å². The average Bonchev–Trinajstić information content (AvgIpc) is 2.70. The first-order chi connectivity index (χ1) is 7.68. The number of hydrogen-bond acceptors (Lipinski definition) is 3. The Balaban J connectivity index is 2.25. The van der Waals surface area contributed by atoms with Gasteiger partial charge in [0.05, 0.1) is 10.6 Å². The average molecular weight is 240 g/mol. The van der Waals surface area contributed by atoms with Gasteiger partial charge in [0.25, 0.3) is 5.91 Å². The lowest BCUT2D eigenvalue weighted by Gasteiger charge is -2.16. The fraction of sp³-hybridized carbons (Fsp3) is 0.364. The van der Waals surface area contributed by atoms with E-state index in [4.69, 9.17) is 17.3 Å². The molecule has 0 saturated carbocycles. The molecule has 86 valence electrons. The zero-order chi connectivity index (χ0) is 11.5. The normalized spacial score (nSPS) is 19.7. The summed E-state index contributed by atoms with van der Waals surface area (Å²) in [5, 5.41) is 6.92. The highest BCUT2D eigenvalue weighted by Crippen LogP contribution is 2.25. The number of carbonyl (C=O) groups excluding carboxylic acids is 1. The van der Waals surface area contributed by atoms with Crippen molar-refractivity contribution < 1.29 is 4.79 Å². The summed E-state index contributed by atoms with van der Waals surface area (Å²) in [5.41, 5.74) is 6.40. The number of hydrogen-bond donors (Lipinski definition) is 3. The predicted octanol–water partition coefficient (Wildman–Crippen LogP) is 1.21. The molecule has 1 amide bonds. The molecule has 1 unspecified atom stereocenters. The summed E-state index contributed by atoms with van der Waals surface area (Å²) in [4.78, 5) is 11.3. The van der Waals surface area contributed by atoms with Gasteiger partial charge in [0.2, 0.25) is 0 Å². The van der Waals surface area contributed by atoms with E-state index in [1.165, 1.54) is 0 Å². The van der Waals surface area contributed by atoms with Crippen molar-refractivity contribution in [1.29, 1.82) is 0 Å². The molecule has 2 rings (SSSR count). The Morgan fingerprint density at radius 1 is 1.56 bits per heavy atom. The van der Waals surface area contributed by atoms with Gasteiger partial charge in [-0.1, -0.05) is 17.7 Å². The lowest BCUT2D eigenvalue weighted by molar-refractivity contribution is 0.100. The van der Waals surface area contributed by atoms with Crippen LogP contribution in [0.3, 0.4) is 0 Å². The summed E-state index contributed by atoms with van der Waals surface area (Å²) >= 11 is 5.95. The fourth-order valence-electron chi connectivity index (χ4n) is 1.89. The molecule has 1 atom stereocenters. The second-order valence-electron chi connectivity index (χ2n) is 3.86. The van der Waals surface area contributed by atoms with Crippen molar-refractivity contribution in [2.75, 3.05) is 18.4 Å². The topological polar surface area (TPSA) is 67.2 Å². The van der Waals surface area contributed by atoms with Crippen LogP contribution in [0.1, 0.15) is 16.8 Å². The monoisotopic (exact) mass is 239 g/mol. The molecule has 1 aromatic rings. The maximum Gasteiger partial charge on any atom is 0.252 e. The summed E-state index contributed by atoms with van der Waals surface area (Å²) in [6.07, 6.45) is 1.03. The molecule has 0 bridgehead atoms. The van der Waals surface area contributed by atoms with Gasteiger partial charge in [-0.15, -0.1) is 0 Å². The Labute approximate surface area is 99.2 Å². The molecule has 5 heteroatoms. The molecule has 16 heavy (non-hydrogen) atoms. The van der Waals surface area contributed by atoms with E-state index < -0.39 is 5.91 Å². The highest BCUT2D eigenvalue weighted by Gasteiger charge is 2.18. The highest BCUT2D eigenvalue weighted by molar-refractivity contribution is 6.34. The van der Waals surface area contributed by atoms with Crippen LogP contribution in [0.25, 0.3) is 0 Å². The van der Waals surface area contributed by atoms with Crippen LogP contribution in [-0.4, -0.2) is 25.0 Å². The fourth-order valence-corrected chi connectivity index (χ4v) is 2.16. The number of carbonyl (C=O) groups is 1. The van der Waals surface area contributed by atoms with Gasteiger partial charge in [0, 0.05) is 18.3 Å². The molecule has 0 spiro atoms. The van der Waals surface area contributed by atoms with Crippen LogP contribution in [0, 0.1) is 0 Å². The molecule has 1 aliphatic rings. The van der Waals surface area contributed by atoms with Crippen LogP contribution in [-0.2, 0) is 0 Å². The lowest BCUT2D eigenvalue weighted by atomic mass is 10.1. The van der Waals surface area contributed by atoms with Crippen LogP contribution in [0.15, 0.2) is 18.2 Å². The third kappa shape index (κ3) is 2.28. The summed E-state index contributed by atoms with van der Waals surface area (Å²) in [6.45, 7) is 1.88. The molecule has 1 fully saturated rings. The third-order valence-corrected chi connectivity index (χ3v) is 2.99. The zero-order valence-corrected chi connectivity index (χ0v) is 9.55. The molecule has 1 saturated heterocycles. The summed E-state index contributed by atoms with van der Waals surface area (Å²) in [5.74, 6) is -0.501. The van der Waals surface area contributed by atoms with Gasteiger partial charge in [0.15, 0.2) is 0 Å². The van der Waals surface area contributed by atoms with Crippen LogP contribution in [0.2, 0.25) is 5.02 Å². The first kappa shape index (κ1) is 11.2. The van der Waals surface area contributed by atoms with Crippen molar-refractivity contribution in [3.8, 4) is 0 Å². The number of nitrogens with one attached hydrogen (secondary N) is 2. The molecule has 0 aliphatic carbocycles. The molecule has 0 aromatic heterocycles. The number of halogens is 1. The van der Waals surface area contributed by atoms with E-state index in [2.05, 4.69) is 10.6 Å². The number of anilines is 1. The Bertz CT molecular complexity index is 402. The van der Waals surface area contributed by atoms with Crippen molar-refractivity contribution in [1.82, 2.24) is 5.32 Å². The van der Waals surface area contributed by atoms with Crippen molar-refractivity contribution in [3.05, 3.63) is 28.8 Å². The number of primary amides is 1. The first-order valence-electron chi connectivity index (χ1n) is 5.24. The van der Waals surface area contributed by atoms with E-state index >= 15 is 0 Å². The molecule has 1 heterocycles. The minimum absolute atomic E-state index is 0.330. The van der Waals surface area contributed by atoms with E-state index in [0.29, 0.717) is 22.3 Å². The van der Waals surface area contributed by atoms with E-state index in [-0.39, 0.29) is 0 Å². The minimum atomic E-state index is -0.501. The smallest absolute Gasteiger partial charge is 0.252 e. The van der Waals surface area contributed by atoms with Gasteiger partial charge >= 0.3 is 0 Å². The molecule has 4 N–H and O–H groups in total. The van der Waals surface area contributed by atoms with Crippen molar-refractivity contribution in [2.45, 2.75) is 12.5 Å². The van der Waals surface area contributed by atoms with E-state index in [0.717, 1.165) is 19.5 Å². The quantitative estimate of drug-likeness (QED) is 0.743. The second-order valence-corrected chi connectivity index (χ2v) is 4.27. The Morgan fingerprint density at radius 2 is 2.38 bits per heavy atom. The largest absolute Gasteiger partial charge is 0.380 e. The zero-order valence-electron chi connectivity index (χ0n) is 8.79.